The van der Waals surface area contributed by atoms with Crippen LogP contribution in [0.5, 0.6) is 5.75 Å². The third-order valence-electron chi connectivity index (χ3n) is 4.13. The van der Waals surface area contributed by atoms with E-state index in [1.165, 1.54) is 0 Å². The quantitative estimate of drug-likeness (QED) is 0.837. The number of benzene rings is 1. The minimum absolute atomic E-state index is 0.0932. The number of aliphatic hydroxyl groups is 1. The minimum Gasteiger partial charge on any atom is -0.487 e. The van der Waals surface area contributed by atoms with Crippen LogP contribution in [0, 0.1) is 5.92 Å². The number of para-hydroxylation sites is 1. The monoisotopic (exact) mass is 340 g/mol. The number of aliphatic hydroxyl groups excluding tert-OH is 1. The SMILES string of the molecule is CC[C@H](CNC(=O)N1CCC[C@H](CO)C1)Oc1ccccc1Cl. The number of nitrogens with one attached hydrogen (secondary N) is 1. The Bertz CT molecular complexity index is 512. The number of carbonyl (C=O) groups is 1. The third-order valence-corrected chi connectivity index (χ3v) is 4.44. The first-order valence-corrected chi connectivity index (χ1v) is 8.56. The molecule has 1 aromatic carbocycles. The molecule has 1 aromatic rings. The van der Waals surface area contributed by atoms with Crippen LogP contribution in [-0.4, -0.2) is 48.4 Å². The number of piperidine rings is 1. The molecular weight excluding hydrogens is 316 g/mol. The minimum atomic E-state index is -0.128. The summed E-state index contributed by atoms with van der Waals surface area (Å²) >= 11 is 6.10. The molecule has 0 radical (unpaired) electrons. The zero-order chi connectivity index (χ0) is 16.7. The van der Waals surface area contributed by atoms with Crippen molar-refractivity contribution in [1.82, 2.24) is 10.2 Å². The molecule has 1 aliphatic heterocycles. The lowest BCUT2D eigenvalue weighted by Gasteiger charge is -2.32. The van der Waals surface area contributed by atoms with Crippen LogP contribution in [0.15, 0.2) is 24.3 Å². The second kappa shape index (κ2) is 8.99. The van der Waals surface area contributed by atoms with E-state index < -0.39 is 0 Å². The third kappa shape index (κ3) is 5.29. The Balaban J connectivity index is 1.83. The molecule has 0 aromatic heterocycles. The molecule has 0 unspecified atom stereocenters. The first-order chi connectivity index (χ1) is 11.1. The number of urea groups is 1. The highest BCUT2D eigenvalue weighted by molar-refractivity contribution is 6.32. The van der Waals surface area contributed by atoms with Crippen LogP contribution >= 0.6 is 11.6 Å². The van der Waals surface area contributed by atoms with Gasteiger partial charge in [-0.3, -0.25) is 0 Å². The van der Waals surface area contributed by atoms with Gasteiger partial charge in [-0.1, -0.05) is 30.7 Å². The Morgan fingerprint density at radius 2 is 2.30 bits per heavy atom. The van der Waals surface area contributed by atoms with Crippen LogP contribution in [0.4, 0.5) is 4.79 Å². The molecule has 0 bridgehead atoms. The van der Waals surface area contributed by atoms with Crippen LogP contribution < -0.4 is 10.1 Å². The molecule has 1 fully saturated rings. The Labute approximate surface area is 142 Å². The number of nitrogens with zero attached hydrogens (tertiary/aromatic N) is 1. The highest BCUT2D eigenvalue weighted by Crippen LogP contribution is 2.24. The standard InChI is InChI=1S/C17H25ClN2O3/c1-2-14(23-16-8-4-3-7-15(16)18)10-19-17(22)20-9-5-6-13(11-20)12-21/h3-4,7-8,13-14,21H,2,5-6,9-12H2,1H3,(H,19,22)/t13-,14+/m0/s1. The van der Waals surface area contributed by atoms with E-state index in [0.717, 1.165) is 25.8 Å². The molecule has 2 N–H and O–H groups in total. The summed E-state index contributed by atoms with van der Waals surface area (Å²) in [5.74, 6) is 0.824. The summed E-state index contributed by atoms with van der Waals surface area (Å²) in [6, 6.07) is 7.24. The molecule has 2 rings (SSSR count). The highest BCUT2D eigenvalue weighted by Gasteiger charge is 2.23. The first-order valence-electron chi connectivity index (χ1n) is 8.18. The predicted octanol–water partition coefficient (Wildman–Crippen LogP) is 2.91. The smallest absolute Gasteiger partial charge is 0.317 e. The maximum Gasteiger partial charge on any atom is 0.317 e. The molecule has 0 saturated carbocycles. The molecule has 6 heteroatoms. The van der Waals surface area contributed by atoms with Gasteiger partial charge in [-0.05, 0) is 37.3 Å². The molecule has 2 amide bonds. The van der Waals surface area contributed by atoms with E-state index in [1.54, 1.807) is 11.0 Å². The largest absolute Gasteiger partial charge is 0.487 e. The van der Waals surface area contributed by atoms with Crippen molar-refractivity contribution in [2.24, 2.45) is 5.92 Å². The maximum atomic E-state index is 12.3. The molecule has 23 heavy (non-hydrogen) atoms. The van der Waals surface area contributed by atoms with Crippen molar-refractivity contribution in [3.63, 3.8) is 0 Å². The highest BCUT2D eigenvalue weighted by atomic mass is 35.5. The van der Waals surface area contributed by atoms with Crippen LogP contribution in [0.25, 0.3) is 0 Å². The normalized spacial score (nSPS) is 19.3. The summed E-state index contributed by atoms with van der Waals surface area (Å²) in [5.41, 5.74) is 0. The summed E-state index contributed by atoms with van der Waals surface area (Å²) in [6.45, 7) is 3.93. The average Bonchev–Trinajstić information content (AvgIpc) is 2.59. The summed E-state index contributed by atoms with van der Waals surface area (Å²) in [4.78, 5) is 14.0. The zero-order valence-corrected chi connectivity index (χ0v) is 14.3. The van der Waals surface area contributed by atoms with Crippen molar-refractivity contribution in [3.05, 3.63) is 29.3 Å². The van der Waals surface area contributed by atoms with Crippen LogP contribution in [0.1, 0.15) is 26.2 Å². The second-order valence-electron chi connectivity index (χ2n) is 5.90. The molecule has 2 atom stereocenters. The van der Waals surface area contributed by atoms with Gasteiger partial charge < -0.3 is 20.1 Å². The maximum absolute atomic E-state index is 12.3. The fourth-order valence-electron chi connectivity index (χ4n) is 2.70. The van der Waals surface area contributed by atoms with E-state index in [0.29, 0.717) is 23.9 Å². The van der Waals surface area contributed by atoms with Crippen molar-refractivity contribution < 1.29 is 14.6 Å². The number of carbonyl (C=O) groups excluding carboxylic acids is 1. The van der Waals surface area contributed by atoms with E-state index in [2.05, 4.69) is 5.32 Å². The van der Waals surface area contributed by atoms with Crippen LogP contribution in [-0.2, 0) is 0 Å². The van der Waals surface area contributed by atoms with Crippen molar-refractivity contribution in [2.75, 3.05) is 26.2 Å². The number of rotatable bonds is 6. The van der Waals surface area contributed by atoms with Gasteiger partial charge in [-0.15, -0.1) is 0 Å². The van der Waals surface area contributed by atoms with Gasteiger partial charge in [-0.2, -0.15) is 0 Å². The van der Waals surface area contributed by atoms with E-state index in [9.17, 15) is 9.90 Å². The van der Waals surface area contributed by atoms with E-state index in [1.807, 2.05) is 25.1 Å². The first kappa shape index (κ1) is 17.9. The van der Waals surface area contributed by atoms with Crippen molar-refractivity contribution in [2.45, 2.75) is 32.3 Å². The molecule has 0 spiro atoms. The fourth-order valence-corrected chi connectivity index (χ4v) is 2.88. The lowest BCUT2D eigenvalue weighted by atomic mass is 9.99. The van der Waals surface area contributed by atoms with Crippen molar-refractivity contribution >= 4 is 17.6 Å². The van der Waals surface area contributed by atoms with Gasteiger partial charge in [0, 0.05) is 19.7 Å². The van der Waals surface area contributed by atoms with Gasteiger partial charge in [0.25, 0.3) is 0 Å². The van der Waals surface area contributed by atoms with Crippen molar-refractivity contribution in [3.8, 4) is 5.75 Å². The number of hydrogen-bond donors (Lipinski definition) is 2. The molecular formula is C17H25ClN2O3. The number of amides is 2. The van der Waals surface area contributed by atoms with Gasteiger partial charge in [0.15, 0.2) is 0 Å². The van der Waals surface area contributed by atoms with Gasteiger partial charge in [0.2, 0.25) is 0 Å². The topological polar surface area (TPSA) is 61.8 Å². The molecule has 5 nitrogen and oxygen atoms in total. The number of hydrogen-bond acceptors (Lipinski definition) is 3. The van der Waals surface area contributed by atoms with E-state index in [4.69, 9.17) is 16.3 Å². The Morgan fingerprint density at radius 3 is 3.00 bits per heavy atom. The Morgan fingerprint density at radius 1 is 1.52 bits per heavy atom. The van der Waals surface area contributed by atoms with E-state index >= 15 is 0 Å². The summed E-state index contributed by atoms with van der Waals surface area (Å²) in [5, 5.41) is 12.7. The Kier molecular flexibility index (Phi) is 6.99. The van der Waals surface area contributed by atoms with Gasteiger partial charge in [0.1, 0.15) is 11.9 Å². The summed E-state index contributed by atoms with van der Waals surface area (Å²) in [7, 11) is 0. The zero-order valence-electron chi connectivity index (χ0n) is 13.5. The fraction of sp³-hybridized carbons (Fsp3) is 0.588. The summed E-state index contributed by atoms with van der Waals surface area (Å²) in [6.07, 6.45) is 2.56. The van der Waals surface area contributed by atoms with Gasteiger partial charge >= 0.3 is 6.03 Å². The predicted molar refractivity (Wildman–Crippen MR) is 90.9 cm³/mol. The molecule has 128 valence electrons. The molecule has 1 saturated heterocycles. The van der Waals surface area contributed by atoms with Gasteiger partial charge in [-0.25, -0.2) is 4.79 Å². The number of ether oxygens (including phenoxy) is 1. The average molecular weight is 341 g/mol. The van der Waals surface area contributed by atoms with Crippen molar-refractivity contribution in [1.29, 1.82) is 0 Å². The Hall–Kier alpha value is -1.46. The lowest BCUT2D eigenvalue weighted by molar-refractivity contribution is 0.125. The second-order valence-corrected chi connectivity index (χ2v) is 6.31. The number of halogens is 1. The lowest BCUT2D eigenvalue weighted by Crippen LogP contribution is -2.48. The molecule has 1 aliphatic rings. The van der Waals surface area contributed by atoms with Crippen LogP contribution in [0.3, 0.4) is 0 Å². The van der Waals surface area contributed by atoms with Crippen LogP contribution in [0.2, 0.25) is 5.02 Å². The molecule has 0 aliphatic carbocycles. The number of likely N-dealkylation sites (tertiary alicyclic amines) is 1. The molecule has 1 heterocycles. The van der Waals surface area contributed by atoms with Gasteiger partial charge in [0.05, 0.1) is 11.6 Å². The summed E-state index contributed by atoms with van der Waals surface area (Å²) < 4.78 is 5.87. The van der Waals surface area contributed by atoms with E-state index in [-0.39, 0.29) is 24.7 Å².